The summed E-state index contributed by atoms with van der Waals surface area (Å²) in [5.41, 5.74) is 5.51. The van der Waals surface area contributed by atoms with E-state index in [1.807, 2.05) is 16.7 Å². The Morgan fingerprint density at radius 2 is 2.24 bits per heavy atom. The lowest BCUT2D eigenvalue weighted by molar-refractivity contribution is -0.133. The van der Waals surface area contributed by atoms with Crippen LogP contribution >= 0.6 is 24.2 Å². The van der Waals surface area contributed by atoms with E-state index in [9.17, 15) is 4.79 Å². The first kappa shape index (κ1) is 17.0. The molecule has 0 radical (unpaired) electrons. The number of methoxy groups -OCH3 is 1. The summed E-state index contributed by atoms with van der Waals surface area (Å²) in [6, 6.07) is 0. The minimum Gasteiger partial charge on any atom is -0.380 e. The van der Waals surface area contributed by atoms with Gasteiger partial charge < -0.3 is 15.4 Å². The summed E-state index contributed by atoms with van der Waals surface area (Å²) >= 11 is 1.92. The molecule has 1 atom stereocenters. The van der Waals surface area contributed by atoms with Crippen LogP contribution in [0, 0.1) is 0 Å². The molecule has 0 aromatic carbocycles. The molecule has 0 spiro atoms. The molecule has 4 nitrogen and oxygen atoms in total. The lowest BCUT2D eigenvalue weighted by Crippen LogP contribution is -2.47. The number of carbonyl (C=O) groups is 1. The lowest BCUT2D eigenvalue weighted by atomic mass is 10.1. The van der Waals surface area contributed by atoms with E-state index in [-0.39, 0.29) is 29.2 Å². The highest BCUT2D eigenvalue weighted by molar-refractivity contribution is 8.00. The molecular formula is C11H23ClN2O2S. The van der Waals surface area contributed by atoms with Gasteiger partial charge in [0, 0.05) is 37.2 Å². The Morgan fingerprint density at radius 3 is 2.71 bits per heavy atom. The fourth-order valence-electron chi connectivity index (χ4n) is 1.82. The van der Waals surface area contributed by atoms with Crippen molar-refractivity contribution in [3.63, 3.8) is 0 Å². The van der Waals surface area contributed by atoms with E-state index in [2.05, 4.69) is 13.8 Å². The van der Waals surface area contributed by atoms with E-state index in [1.54, 1.807) is 7.11 Å². The fraction of sp³-hybridized carbons (Fsp3) is 0.909. The van der Waals surface area contributed by atoms with Gasteiger partial charge in [-0.05, 0) is 13.8 Å². The summed E-state index contributed by atoms with van der Waals surface area (Å²) in [6.45, 7) is 6.40. The third kappa shape index (κ3) is 5.46. The largest absolute Gasteiger partial charge is 0.380 e. The van der Waals surface area contributed by atoms with Crippen LogP contribution in [0.2, 0.25) is 0 Å². The predicted molar refractivity (Wildman–Crippen MR) is 74.8 cm³/mol. The third-order valence-electron chi connectivity index (χ3n) is 2.78. The monoisotopic (exact) mass is 282 g/mol. The molecular weight excluding hydrogens is 260 g/mol. The van der Waals surface area contributed by atoms with Crippen molar-refractivity contribution >= 4 is 30.1 Å². The summed E-state index contributed by atoms with van der Waals surface area (Å²) in [6.07, 6.45) is 0.249. The normalized spacial score (nSPS) is 20.6. The molecule has 0 aliphatic carbocycles. The number of thioether (sulfide) groups is 1. The Labute approximate surface area is 114 Å². The van der Waals surface area contributed by atoms with Gasteiger partial charge in [0.05, 0.1) is 12.5 Å². The second kappa shape index (κ2) is 7.46. The van der Waals surface area contributed by atoms with Crippen LogP contribution in [0.5, 0.6) is 0 Å². The number of amides is 1. The summed E-state index contributed by atoms with van der Waals surface area (Å²) < 4.78 is 5.30. The molecule has 0 saturated carbocycles. The lowest BCUT2D eigenvalue weighted by Gasteiger charge is -2.38. The van der Waals surface area contributed by atoms with Crippen molar-refractivity contribution in [3.05, 3.63) is 0 Å². The molecule has 1 fully saturated rings. The van der Waals surface area contributed by atoms with E-state index in [4.69, 9.17) is 10.5 Å². The molecule has 1 heterocycles. The maximum absolute atomic E-state index is 12.0. The smallest absolute Gasteiger partial charge is 0.225 e. The number of ether oxygens (including phenoxy) is 1. The average Bonchev–Trinajstić information content (AvgIpc) is 2.24. The molecule has 0 aromatic rings. The molecule has 0 bridgehead atoms. The van der Waals surface area contributed by atoms with Crippen molar-refractivity contribution in [2.24, 2.45) is 5.73 Å². The van der Waals surface area contributed by atoms with Gasteiger partial charge in [-0.15, -0.1) is 12.4 Å². The Kier molecular flexibility index (Phi) is 7.47. The van der Waals surface area contributed by atoms with Gasteiger partial charge >= 0.3 is 0 Å². The van der Waals surface area contributed by atoms with Crippen LogP contribution in [0.25, 0.3) is 0 Å². The molecule has 1 amide bonds. The molecule has 1 aliphatic heterocycles. The summed E-state index contributed by atoms with van der Waals surface area (Å²) in [7, 11) is 1.60. The SMILES string of the molecule is COC(CN)CC(=O)N1CCSC(C)(C)C1.Cl. The molecule has 6 heteroatoms. The Hall–Kier alpha value is 0.0300. The number of rotatable bonds is 4. The first-order valence-electron chi connectivity index (χ1n) is 5.63. The molecule has 1 aliphatic rings. The Bertz CT molecular complexity index is 248. The van der Waals surface area contributed by atoms with Crippen molar-refractivity contribution in [2.75, 3.05) is 32.5 Å². The molecule has 1 rings (SSSR count). The van der Waals surface area contributed by atoms with Crippen LogP contribution in [0.3, 0.4) is 0 Å². The number of nitrogens with two attached hydrogens (primary N) is 1. The quantitative estimate of drug-likeness (QED) is 0.840. The van der Waals surface area contributed by atoms with E-state index < -0.39 is 0 Å². The van der Waals surface area contributed by atoms with Gasteiger partial charge in [-0.3, -0.25) is 4.79 Å². The minimum absolute atomic E-state index is 0. The summed E-state index contributed by atoms with van der Waals surface area (Å²) in [5.74, 6) is 1.17. The Morgan fingerprint density at radius 1 is 1.59 bits per heavy atom. The second-order valence-corrected chi connectivity index (χ2v) is 6.52. The number of halogens is 1. The Balaban J connectivity index is 0.00000256. The maximum atomic E-state index is 12.0. The van der Waals surface area contributed by atoms with Crippen LogP contribution in [0.4, 0.5) is 0 Å². The van der Waals surface area contributed by atoms with Gasteiger partial charge in [0.2, 0.25) is 5.91 Å². The highest BCUT2D eigenvalue weighted by Crippen LogP contribution is 2.29. The molecule has 1 saturated heterocycles. The number of hydrogen-bond donors (Lipinski definition) is 1. The molecule has 102 valence electrons. The molecule has 0 aromatic heterocycles. The predicted octanol–water partition coefficient (Wildman–Crippen LogP) is 1.13. The van der Waals surface area contributed by atoms with Crippen LogP contribution in [0.15, 0.2) is 0 Å². The zero-order chi connectivity index (χ0) is 12.2. The summed E-state index contributed by atoms with van der Waals surface area (Å²) in [5, 5.41) is 0. The first-order valence-corrected chi connectivity index (χ1v) is 6.61. The molecule has 17 heavy (non-hydrogen) atoms. The van der Waals surface area contributed by atoms with E-state index in [1.165, 1.54) is 0 Å². The first-order chi connectivity index (χ1) is 7.48. The second-order valence-electron chi connectivity index (χ2n) is 4.72. The van der Waals surface area contributed by atoms with Crippen LogP contribution in [-0.2, 0) is 9.53 Å². The van der Waals surface area contributed by atoms with Crippen LogP contribution < -0.4 is 5.73 Å². The number of carbonyl (C=O) groups excluding carboxylic acids is 1. The van der Waals surface area contributed by atoms with Crippen molar-refractivity contribution in [2.45, 2.75) is 31.1 Å². The highest BCUT2D eigenvalue weighted by Gasteiger charge is 2.30. The standard InChI is InChI=1S/C11H22N2O2S.ClH/c1-11(2)8-13(4-5-16-11)10(14)6-9(7-12)15-3;/h9H,4-8,12H2,1-3H3;1H. The molecule has 1 unspecified atom stereocenters. The van der Waals surface area contributed by atoms with Gasteiger partial charge in [0.25, 0.3) is 0 Å². The van der Waals surface area contributed by atoms with Crippen LogP contribution in [0.1, 0.15) is 20.3 Å². The minimum atomic E-state index is -0.148. The van der Waals surface area contributed by atoms with Crippen molar-refractivity contribution in [3.8, 4) is 0 Å². The number of hydrogen-bond acceptors (Lipinski definition) is 4. The van der Waals surface area contributed by atoms with Crippen molar-refractivity contribution < 1.29 is 9.53 Å². The van der Waals surface area contributed by atoms with E-state index >= 15 is 0 Å². The fourth-order valence-corrected chi connectivity index (χ4v) is 2.93. The van der Waals surface area contributed by atoms with Gasteiger partial charge in [0.15, 0.2) is 0 Å². The topological polar surface area (TPSA) is 55.6 Å². The van der Waals surface area contributed by atoms with Gasteiger partial charge in [0.1, 0.15) is 0 Å². The van der Waals surface area contributed by atoms with Crippen molar-refractivity contribution in [1.82, 2.24) is 4.90 Å². The highest BCUT2D eigenvalue weighted by atomic mass is 35.5. The molecule has 2 N–H and O–H groups in total. The van der Waals surface area contributed by atoms with Crippen molar-refractivity contribution in [1.29, 1.82) is 0 Å². The third-order valence-corrected chi connectivity index (χ3v) is 4.07. The maximum Gasteiger partial charge on any atom is 0.225 e. The van der Waals surface area contributed by atoms with Crippen LogP contribution in [-0.4, -0.2) is 54.2 Å². The summed E-state index contributed by atoms with van der Waals surface area (Å²) in [4.78, 5) is 13.9. The average molecular weight is 283 g/mol. The zero-order valence-corrected chi connectivity index (χ0v) is 12.4. The van der Waals surface area contributed by atoms with Gasteiger partial charge in [-0.2, -0.15) is 11.8 Å². The van der Waals surface area contributed by atoms with E-state index in [0.29, 0.717) is 13.0 Å². The van der Waals surface area contributed by atoms with E-state index in [0.717, 1.165) is 18.8 Å². The van der Waals surface area contributed by atoms with Gasteiger partial charge in [-0.25, -0.2) is 0 Å². The number of nitrogens with zero attached hydrogens (tertiary/aromatic N) is 1. The van der Waals surface area contributed by atoms with Gasteiger partial charge in [-0.1, -0.05) is 0 Å². The zero-order valence-electron chi connectivity index (χ0n) is 10.8.